The minimum atomic E-state index is -0.288. The first-order valence-corrected chi connectivity index (χ1v) is 6.10. The van der Waals surface area contributed by atoms with E-state index in [4.69, 9.17) is 0 Å². The molecule has 0 atom stereocenters. The minimum Gasteiger partial charge on any atom is -0.355 e. The van der Waals surface area contributed by atoms with Gasteiger partial charge in [-0.15, -0.1) is 0 Å². The number of hydrogen-bond acceptors (Lipinski definition) is 3. The van der Waals surface area contributed by atoms with Crippen LogP contribution in [0.3, 0.4) is 0 Å². The maximum absolute atomic E-state index is 11.8. The van der Waals surface area contributed by atoms with Gasteiger partial charge in [-0.2, -0.15) is 5.10 Å². The van der Waals surface area contributed by atoms with Crippen molar-refractivity contribution in [3.8, 4) is 0 Å². The van der Waals surface area contributed by atoms with Gasteiger partial charge in [-0.25, -0.2) is 0 Å². The van der Waals surface area contributed by atoms with Crippen LogP contribution in [0.2, 0.25) is 0 Å². The van der Waals surface area contributed by atoms with Gasteiger partial charge in [-0.3, -0.25) is 14.3 Å². The third kappa shape index (κ3) is 4.20. The molecular weight excluding hydrogens is 232 g/mol. The number of carbonyl (C=O) groups excluding carboxylic acids is 2. The van der Waals surface area contributed by atoms with Crippen molar-refractivity contribution in [3.63, 3.8) is 0 Å². The molecule has 6 heteroatoms. The van der Waals surface area contributed by atoms with Crippen molar-refractivity contribution in [2.75, 3.05) is 13.1 Å². The predicted molar refractivity (Wildman–Crippen MR) is 68.2 cm³/mol. The molecule has 0 fully saturated rings. The summed E-state index contributed by atoms with van der Waals surface area (Å²) in [4.78, 5) is 23.2. The molecule has 0 saturated heterocycles. The van der Waals surface area contributed by atoms with E-state index in [1.54, 1.807) is 13.1 Å². The van der Waals surface area contributed by atoms with Gasteiger partial charge in [0.05, 0.1) is 12.2 Å². The molecule has 0 bridgehead atoms. The van der Waals surface area contributed by atoms with Crippen LogP contribution in [0.1, 0.15) is 35.9 Å². The number of hydrogen-bond donors (Lipinski definition) is 2. The van der Waals surface area contributed by atoms with Gasteiger partial charge in [0.15, 0.2) is 0 Å². The smallest absolute Gasteiger partial charge is 0.269 e. The molecule has 6 nitrogen and oxygen atoms in total. The second kappa shape index (κ2) is 6.78. The quantitative estimate of drug-likeness (QED) is 0.718. The summed E-state index contributed by atoms with van der Waals surface area (Å²) in [7, 11) is 1.70. The molecule has 0 spiro atoms. The van der Waals surface area contributed by atoms with Gasteiger partial charge in [-0.05, 0) is 19.4 Å². The van der Waals surface area contributed by atoms with Crippen LogP contribution in [-0.4, -0.2) is 34.7 Å². The lowest BCUT2D eigenvalue weighted by molar-refractivity contribution is -0.120. The van der Waals surface area contributed by atoms with E-state index in [0.29, 0.717) is 12.2 Å². The molecule has 2 N–H and O–H groups in total. The van der Waals surface area contributed by atoms with Crippen molar-refractivity contribution in [3.05, 3.63) is 17.5 Å². The van der Waals surface area contributed by atoms with E-state index in [2.05, 4.69) is 22.7 Å². The van der Waals surface area contributed by atoms with Gasteiger partial charge in [0, 0.05) is 13.6 Å². The fourth-order valence-corrected chi connectivity index (χ4v) is 1.54. The number of nitrogens with zero attached hydrogens (tertiary/aromatic N) is 2. The molecule has 1 rings (SSSR count). The summed E-state index contributed by atoms with van der Waals surface area (Å²) in [5.41, 5.74) is 1.23. The standard InChI is InChI=1S/C12H20N4O2/c1-4-5-6-13-11(17)8-14-12(18)10-7-9(2)15-16(10)3/h7H,4-6,8H2,1-3H3,(H,13,17)(H,14,18). The predicted octanol–water partition coefficient (Wildman–Crippen LogP) is 0.375. The SMILES string of the molecule is CCCCNC(=O)CNC(=O)c1cc(C)nn1C. The monoisotopic (exact) mass is 252 g/mol. The fourth-order valence-electron chi connectivity index (χ4n) is 1.54. The first-order chi connectivity index (χ1) is 8.54. The Morgan fingerprint density at radius 2 is 2.11 bits per heavy atom. The Balaban J connectivity index is 2.37. The molecule has 2 amide bonds. The molecule has 0 radical (unpaired) electrons. The van der Waals surface area contributed by atoms with Gasteiger partial charge >= 0.3 is 0 Å². The zero-order chi connectivity index (χ0) is 13.5. The van der Waals surface area contributed by atoms with Crippen LogP contribution < -0.4 is 10.6 Å². The van der Waals surface area contributed by atoms with Gasteiger partial charge in [0.25, 0.3) is 5.91 Å². The molecule has 0 saturated carbocycles. The zero-order valence-corrected chi connectivity index (χ0v) is 11.1. The van der Waals surface area contributed by atoms with Crippen molar-refractivity contribution in [2.45, 2.75) is 26.7 Å². The van der Waals surface area contributed by atoms with Crippen LogP contribution in [0, 0.1) is 6.92 Å². The second-order valence-corrected chi connectivity index (χ2v) is 4.18. The Morgan fingerprint density at radius 3 is 2.67 bits per heavy atom. The normalized spacial score (nSPS) is 10.2. The lowest BCUT2D eigenvalue weighted by Crippen LogP contribution is -2.37. The lowest BCUT2D eigenvalue weighted by Gasteiger charge is -2.06. The average Bonchev–Trinajstić information content (AvgIpc) is 2.66. The Bertz CT molecular complexity index is 426. The van der Waals surface area contributed by atoms with Crippen molar-refractivity contribution in [1.29, 1.82) is 0 Å². The van der Waals surface area contributed by atoms with E-state index in [-0.39, 0.29) is 18.4 Å². The maximum atomic E-state index is 11.8. The number of unbranched alkanes of at least 4 members (excludes halogenated alkanes) is 1. The van der Waals surface area contributed by atoms with Crippen LogP contribution in [-0.2, 0) is 11.8 Å². The number of amides is 2. The first-order valence-electron chi connectivity index (χ1n) is 6.10. The summed E-state index contributed by atoms with van der Waals surface area (Å²) in [6.07, 6.45) is 1.97. The third-order valence-corrected chi connectivity index (χ3v) is 2.50. The second-order valence-electron chi connectivity index (χ2n) is 4.18. The van der Waals surface area contributed by atoms with E-state index >= 15 is 0 Å². The van der Waals surface area contributed by atoms with Gasteiger partial charge in [-0.1, -0.05) is 13.3 Å². The average molecular weight is 252 g/mol. The van der Waals surface area contributed by atoms with Crippen LogP contribution >= 0.6 is 0 Å². The fraction of sp³-hybridized carbons (Fsp3) is 0.583. The number of carbonyl (C=O) groups is 2. The largest absolute Gasteiger partial charge is 0.355 e. The van der Waals surface area contributed by atoms with E-state index in [1.165, 1.54) is 4.68 Å². The highest BCUT2D eigenvalue weighted by atomic mass is 16.2. The summed E-state index contributed by atoms with van der Waals surface area (Å²) in [6.45, 7) is 4.51. The maximum Gasteiger partial charge on any atom is 0.269 e. The molecule has 18 heavy (non-hydrogen) atoms. The summed E-state index contributed by atoms with van der Waals surface area (Å²) in [5, 5.41) is 9.38. The Kier molecular flexibility index (Phi) is 5.35. The molecule has 0 aliphatic rings. The molecular formula is C12H20N4O2. The topological polar surface area (TPSA) is 76.0 Å². The minimum absolute atomic E-state index is 0.00717. The summed E-state index contributed by atoms with van der Waals surface area (Å²) in [5.74, 6) is -0.459. The molecule has 0 aliphatic carbocycles. The van der Waals surface area contributed by atoms with Crippen LogP contribution in [0.15, 0.2) is 6.07 Å². The van der Waals surface area contributed by atoms with Crippen molar-refractivity contribution >= 4 is 11.8 Å². The van der Waals surface area contributed by atoms with Crippen molar-refractivity contribution < 1.29 is 9.59 Å². The highest BCUT2D eigenvalue weighted by molar-refractivity contribution is 5.95. The van der Waals surface area contributed by atoms with Crippen molar-refractivity contribution in [2.24, 2.45) is 7.05 Å². The number of nitrogens with one attached hydrogen (secondary N) is 2. The van der Waals surface area contributed by atoms with Crippen molar-refractivity contribution in [1.82, 2.24) is 20.4 Å². The van der Waals surface area contributed by atoms with Crippen LogP contribution in [0.25, 0.3) is 0 Å². The lowest BCUT2D eigenvalue weighted by atomic mass is 10.3. The van der Waals surface area contributed by atoms with Gasteiger partial charge < -0.3 is 10.6 Å². The van der Waals surface area contributed by atoms with E-state index in [0.717, 1.165) is 18.5 Å². The molecule has 0 aliphatic heterocycles. The zero-order valence-electron chi connectivity index (χ0n) is 11.1. The first kappa shape index (κ1) is 14.2. The van der Waals surface area contributed by atoms with E-state index in [1.807, 2.05) is 6.92 Å². The molecule has 1 heterocycles. The molecule has 1 aromatic rings. The highest BCUT2D eigenvalue weighted by Crippen LogP contribution is 2.00. The van der Waals surface area contributed by atoms with Gasteiger partial charge in [0.1, 0.15) is 5.69 Å². The Hall–Kier alpha value is -1.85. The van der Waals surface area contributed by atoms with E-state index in [9.17, 15) is 9.59 Å². The molecule has 0 aromatic carbocycles. The Morgan fingerprint density at radius 1 is 1.39 bits per heavy atom. The Labute approximate surface area is 107 Å². The molecule has 0 unspecified atom stereocenters. The molecule has 100 valence electrons. The number of rotatable bonds is 6. The van der Waals surface area contributed by atoms with Crippen LogP contribution in [0.4, 0.5) is 0 Å². The van der Waals surface area contributed by atoms with Crippen LogP contribution in [0.5, 0.6) is 0 Å². The highest BCUT2D eigenvalue weighted by Gasteiger charge is 2.12. The third-order valence-electron chi connectivity index (χ3n) is 2.50. The van der Waals surface area contributed by atoms with Gasteiger partial charge in [0.2, 0.25) is 5.91 Å². The number of aromatic nitrogens is 2. The number of aryl methyl sites for hydroxylation is 2. The summed E-state index contributed by atoms with van der Waals surface area (Å²) >= 11 is 0. The summed E-state index contributed by atoms with van der Waals surface area (Å²) < 4.78 is 1.50. The van der Waals surface area contributed by atoms with E-state index < -0.39 is 0 Å². The molecule has 1 aromatic heterocycles. The summed E-state index contributed by atoms with van der Waals surface area (Å²) in [6, 6.07) is 1.68.